The molecular formula is C18H23ClN2. The predicted octanol–water partition coefficient (Wildman–Crippen LogP) is 4.92. The van der Waals surface area contributed by atoms with E-state index in [1.165, 1.54) is 22.5 Å². The maximum absolute atomic E-state index is 6.16. The van der Waals surface area contributed by atoms with Crippen LogP contribution in [0.15, 0.2) is 42.5 Å². The highest BCUT2D eigenvalue weighted by Crippen LogP contribution is 2.30. The Hall–Kier alpha value is -1.51. The van der Waals surface area contributed by atoms with Crippen molar-refractivity contribution in [1.29, 1.82) is 0 Å². The molecule has 2 rings (SSSR count). The third-order valence-corrected chi connectivity index (χ3v) is 3.79. The normalized spacial score (nSPS) is 10.7. The zero-order chi connectivity index (χ0) is 15.2. The van der Waals surface area contributed by atoms with Crippen LogP contribution < -0.4 is 10.2 Å². The van der Waals surface area contributed by atoms with Crippen LogP contribution >= 0.6 is 11.6 Å². The van der Waals surface area contributed by atoms with Gasteiger partial charge in [-0.05, 0) is 56.3 Å². The summed E-state index contributed by atoms with van der Waals surface area (Å²) in [7, 11) is 0. The van der Waals surface area contributed by atoms with Gasteiger partial charge in [-0.3, -0.25) is 0 Å². The lowest BCUT2D eigenvalue weighted by atomic mass is 10.1. The Kier molecular flexibility index (Phi) is 5.66. The number of anilines is 2. The first-order chi connectivity index (χ1) is 10.2. The quantitative estimate of drug-likeness (QED) is 0.815. The minimum atomic E-state index is 0.784. The molecule has 0 saturated heterocycles. The zero-order valence-corrected chi connectivity index (χ0v) is 13.7. The van der Waals surface area contributed by atoms with Crippen LogP contribution in [0.5, 0.6) is 0 Å². The van der Waals surface area contributed by atoms with E-state index in [4.69, 9.17) is 11.6 Å². The molecule has 0 aliphatic rings. The van der Waals surface area contributed by atoms with Gasteiger partial charge in [-0.25, -0.2) is 0 Å². The van der Waals surface area contributed by atoms with Crippen molar-refractivity contribution in [1.82, 2.24) is 5.32 Å². The van der Waals surface area contributed by atoms with Crippen molar-refractivity contribution in [3.8, 4) is 0 Å². The van der Waals surface area contributed by atoms with Gasteiger partial charge in [0, 0.05) is 29.5 Å². The molecule has 21 heavy (non-hydrogen) atoms. The second-order valence-electron chi connectivity index (χ2n) is 5.13. The van der Waals surface area contributed by atoms with E-state index < -0.39 is 0 Å². The van der Waals surface area contributed by atoms with E-state index in [0.29, 0.717) is 0 Å². The summed E-state index contributed by atoms with van der Waals surface area (Å²) in [6.45, 7) is 9.09. The Labute approximate surface area is 132 Å². The highest BCUT2D eigenvalue weighted by atomic mass is 35.5. The summed E-state index contributed by atoms with van der Waals surface area (Å²) in [4.78, 5) is 2.32. The van der Waals surface area contributed by atoms with E-state index in [0.717, 1.165) is 24.7 Å². The largest absolute Gasteiger partial charge is 0.342 e. The van der Waals surface area contributed by atoms with Gasteiger partial charge >= 0.3 is 0 Å². The fraction of sp³-hybridized carbons (Fsp3) is 0.333. The lowest BCUT2D eigenvalue weighted by Crippen LogP contribution is -2.20. The van der Waals surface area contributed by atoms with E-state index in [1.807, 2.05) is 6.07 Å². The van der Waals surface area contributed by atoms with Gasteiger partial charge in [-0.2, -0.15) is 0 Å². The highest BCUT2D eigenvalue weighted by Gasteiger charge is 2.12. The Morgan fingerprint density at radius 2 is 1.76 bits per heavy atom. The maximum atomic E-state index is 6.16. The van der Waals surface area contributed by atoms with Gasteiger partial charge in [0.05, 0.1) is 0 Å². The molecule has 0 aliphatic carbocycles. The molecule has 0 spiro atoms. The standard InChI is InChI=1S/C18H23ClN2/c1-4-20-13-15-12-16(19)8-11-18(15)21(5-2)17-9-6-14(3)7-10-17/h6-12,20H,4-5,13H2,1-3H3. The summed E-state index contributed by atoms with van der Waals surface area (Å²) in [6.07, 6.45) is 0. The Balaban J connectivity index is 2.39. The van der Waals surface area contributed by atoms with E-state index in [2.05, 4.69) is 67.4 Å². The summed E-state index contributed by atoms with van der Waals surface area (Å²) < 4.78 is 0. The molecule has 2 nitrogen and oxygen atoms in total. The third-order valence-electron chi connectivity index (χ3n) is 3.56. The molecule has 0 unspecified atom stereocenters. The molecule has 0 atom stereocenters. The third kappa shape index (κ3) is 3.99. The summed E-state index contributed by atoms with van der Waals surface area (Å²) in [5.74, 6) is 0. The summed E-state index contributed by atoms with van der Waals surface area (Å²) in [6, 6.07) is 14.8. The molecule has 2 aromatic rings. The molecule has 112 valence electrons. The highest BCUT2D eigenvalue weighted by molar-refractivity contribution is 6.30. The first-order valence-corrected chi connectivity index (χ1v) is 7.86. The molecule has 3 heteroatoms. The lowest BCUT2D eigenvalue weighted by molar-refractivity contribution is 0.725. The number of hydrogen-bond acceptors (Lipinski definition) is 2. The maximum Gasteiger partial charge on any atom is 0.0457 e. The van der Waals surface area contributed by atoms with Gasteiger partial charge in [-0.1, -0.05) is 36.2 Å². The molecule has 1 N–H and O–H groups in total. The van der Waals surface area contributed by atoms with Crippen molar-refractivity contribution in [2.75, 3.05) is 18.0 Å². The molecule has 2 aromatic carbocycles. The summed E-state index contributed by atoms with van der Waals surface area (Å²) in [5, 5.41) is 4.17. The number of hydrogen-bond donors (Lipinski definition) is 1. The number of rotatable bonds is 6. The molecule has 0 fully saturated rings. The van der Waals surface area contributed by atoms with Crippen LogP contribution in [0.4, 0.5) is 11.4 Å². The Bertz CT molecular complexity index is 578. The number of nitrogens with zero attached hydrogens (tertiary/aromatic N) is 1. The van der Waals surface area contributed by atoms with Crippen LogP contribution in [-0.4, -0.2) is 13.1 Å². The van der Waals surface area contributed by atoms with Crippen LogP contribution in [-0.2, 0) is 6.54 Å². The van der Waals surface area contributed by atoms with E-state index in [1.54, 1.807) is 0 Å². The molecule has 0 bridgehead atoms. The summed E-state index contributed by atoms with van der Waals surface area (Å²) >= 11 is 6.16. The number of nitrogens with one attached hydrogen (secondary N) is 1. The number of aryl methyl sites for hydroxylation is 1. The molecule has 0 radical (unpaired) electrons. The first kappa shape index (κ1) is 15.9. The topological polar surface area (TPSA) is 15.3 Å². The molecule has 0 saturated carbocycles. The van der Waals surface area contributed by atoms with Gasteiger partial charge < -0.3 is 10.2 Å². The van der Waals surface area contributed by atoms with Crippen molar-refractivity contribution < 1.29 is 0 Å². The van der Waals surface area contributed by atoms with Crippen LogP contribution in [0.2, 0.25) is 5.02 Å². The Morgan fingerprint density at radius 1 is 1.05 bits per heavy atom. The average Bonchev–Trinajstić information content (AvgIpc) is 2.49. The SMILES string of the molecule is CCNCc1cc(Cl)ccc1N(CC)c1ccc(C)cc1. The predicted molar refractivity (Wildman–Crippen MR) is 92.7 cm³/mol. The van der Waals surface area contributed by atoms with E-state index in [-0.39, 0.29) is 0 Å². The molecule has 0 aromatic heterocycles. The van der Waals surface area contributed by atoms with Gasteiger partial charge in [0.15, 0.2) is 0 Å². The second kappa shape index (κ2) is 7.48. The fourth-order valence-corrected chi connectivity index (χ4v) is 2.63. The van der Waals surface area contributed by atoms with Crippen molar-refractivity contribution in [3.63, 3.8) is 0 Å². The monoisotopic (exact) mass is 302 g/mol. The average molecular weight is 303 g/mol. The molecule has 0 heterocycles. The van der Waals surface area contributed by atoms with Crippen LogP contribution in [0.3, 0.4) is 0 Å². The minimum Gasteiger partial charge on any atom is -0.342 e. The minimum absolute atomic E-state index is 0.784. The van der Waals surface area contributed by atoms with Gasteiger partial charge in [0.2, 0.25) is 0 Å². The summed E-state index contributed by atoms with van der Waals surface area (Å²) in [5.41, 5.74) is 4.93. The van der Waals surface area contributed by atoms with Gasteiger partial charge in [0.1, 0.15) is 0 Å². The lowest BCUT2D eigenvalue weighted by Gasteiger charge is -2.26. The molecular weight excluding hydrogens is 280 g/mol. The zero-order valence-electron chi connectivity index (χ0n) is 13.0. The fourth-order valence-electron chi connectivity index (χ4n) is 2.44. The van der Waals surface area contributed by atoms with Crippen LogP contribution in [0.1, 0.15) is 25.0 Å². The van der Waals surface area contributed by atoms with E-state index >= 15 is 0 Å². The van der Waals surface area contributed by atoms with Crippen molar-refractivity contribution in [2.45, 2.75) is 27.3 Å². The first-order valence-electron chi connectivity index (χ1n) is 7.49. The van der Waals surface area contributed by atoms with Crippen molar-refractivity contribution >= 4 is 23.0 Å². The van der Waals surface area contributed by atoms with Gasteiger partial charge in [0.25, 0.3) is 0 Å². The number of halogens is 1. The van der Waals surface area contributed by atoms with E-state index in [9.17, 15) is 0 Å². The second-order valence-corrected chi connectivity index (χ2v) is 5.57. The molecule has 0 aliphatic heterocycles. The smallest absolute Gasteiger partial charge is 0.0457 e. The van der Waals surface area contributed by atoms with Crippen LogP contribution in [0.25, 0.3) is 0 Å². The molecule has 0 amide bonds. The van der Waals surface area contributed by atoms with Crippen molar-refractivity contribution in [3.05, 3.63) is 58.6 Å². The van der Waals surface area contributed by atoms with Gasteiger partial charge in [-0.15, -0.1) is 0 Å². The van der Waals surface area contributed by atoms with Crippen LogP contribution in [0, 0.1) is 6.92 Å². The Morgan fingerprint density at radius 3 is 2.38 bits per heavy atom. The number of benzene rings is 2. The van der Waals surface area contributed by atoms with Crippen molar-refractivity contribution in [2.24, 2.45) is 0 Å².